The van der Waals surface area contributed by atoms with Crippen molar-refractivity contribution in [1.29, 1.82) is 5.26 Å². The minimum atomic E-state index is -0.0106. The van der Waals surface area contributed by atoms with E-state index in [1.807, 2.05) is 6.07 Å². The predicted molar refractivity (Wildman–Crippen MR) is 121 cm³/mol. The quantitative estimate of drug-likeness (QED) is 0.603. The SMILES string of the molecule is CCCc1cc(N2CCC[C@@H](NC(C)=O)C2)nc(Nc2cc(N)cc(C#N)c2)n1.Cl. The highest BCUT2D eigenvalue weighted by Crippen LogP contribution is 2.24. The largest absolute Gasteiger partial charge is 0.399 e. The molecule has 1 amide bonds. The molecule has 0 aliphatic carbocycles. The van der Waals surface area contributed by atoms with Gasteiger partial charge in [-0.15, -0.1) is 12.4 Å². The Morgan fingerprint density at radius 2 is 2.13 bits per heavy atom. The first-order valence-electron chi connectivity index (χ1n) is 9.94. The van der Waals surface area contributed by atoms with E-state index >= 15 is 0 Å². The fraction of sp³-hybridized carbons (Fsp3) is 0.429. The van der Waals surface area contributed by atoms with E-state index in [0.717, 1.165) is 50.3 Å². The zero-order chi connectivity index (χ0) is 20.8. The lowest BCUT2D eigenvalue weighted by atomic mass is 10.1. The summed E-state index contributed by atoms with van der Waals surface area (Å²) in [4.78, 5) is 22.9. The van der Waals surface area contributed by atoms with Crippen LogP contribution in [0.5, 0.6) is 0 Å². The van der Waals surface area contributed by atoms with Gasteiger partial charge in [0.25, 0.3) is 0 Å². The number of piperidine rings is 1. The smallest absolute Gasteiger partial charge is 0.229 e. The number of aromatic nitrogens is 2. The maximum atomic E-state index is 11.4. The second kappa shape index (κ2) is 10.6. The van der Waals surface area contributed by atoms with Gasteiger partial charge < -0.3 is 21.3 Å². The van der Waals surface area contributed by atoms with Crippen molar-refractivity contribution in [3.05, 3.63) is 35.5 Å². The van der Waals surface area contributed by atoms with E-state index in [-0.39, 0.29) is 24.4 Å². The van der Waals surface area contributed by atoms with Crippen LogP contribution < -0.4 is 21.3 Å². The Kier molecular flexibility index (Phi) is 8.25. The normalized spacial score (nSPS) is 15.6. The molecule has 0 radical (unpaired) electrons. The van der Waals surface area contributed by atoms with Gasteiger partial charge in [-0.25, -0.2) is 4.98 Å². The van der Waals surface area contributed by atoms with Crippen molar-refractivity contribution < 1.29 is 4.79 Å². The Morgan fingerprint density at radius 1 is 1.33 bits per heavy atom. The number of benzene rings is 1. The summed E-state index contributed by atoms with van der Waals surface area (Å²) in [7, 11) is 0. The number of nitriles is 1. The van der Waals surface area contributed by atoms with Crippen molar-refractivity contribution in [3.8, 4) is 6.07 Å². The number of rotatable bonds is 6. The van der Waals surface area contributed by atoms with E-state index in [1.54, 1.807) is 25.1 Å². The van der Waals surface area contributed by atoms with Gasteiger partial charge in [0.15, 0.2) is 0 Å². The summed E-state index contributed by atoms with van der Waals surface area (Å²) >= 11 is 0. The molecule has 30 heavy (non-hydrogen) atoms. The lowest BCUT2D eigenvalue weighted by molar-refractivity contribution is -0.119. The van der Waals surface area contributed by atoms with Crippen molar-refractivity contribution in [2.45, 2.75) is 45.6 Å². The number of nitrogens with one attached hydrogen (secondary N) is 2. The minimum Gasteiger partial charge on any atom is -0.399 e. The average molecular weight is 430 g/mol. The third-order valence-corrected chi connectivity index (χ3v) is 4.77. The van der Waals surface area contributed by atoms with Crippen molar-refractivity contribution in [1.82, 2.24) is 15.3 Å². The first kappa shape index (κ1) is 23.2. The summed E-state index contributed by atoms with van der Waals surface area (Å²) in [6.07, 6.45) is 3.77. The number of carbonyl (C=O) groups is 1. The molecule has 0 saturated carbocycles. The zero-order valence-electron chi connectivity index (χ0n) is 17.3. The molecule has 4 N–H and O–H groups in total. The van der Waals surface area contributed by atoms with Crippen LogP contribution in [0.1, 0.15) is 44.4 Å². The fourth-order valence-corrected chi connectivity index (χ4v) is 3.59. The van der Waals surface area contributed by atoms with Gasteiger partial charge in [0.05, 0.1) is 11.6 Å². The molecule has 1 atom stereocenters. The van der Waals surface area contributed by atoms with Crippen LogP contribution in [0.25, 0.3) is 0 Å². The van der Waals surface area contributed by atoms with Crippen LogP contribution in [0, 0.1) is 11.3 Å². The van der Waals surface area contributed by atoms with Crippen LogP contribution >= 0.6 is 12.4 Å². The third-order valence-electron chi connectivity index (χ3n) is 4.77. The number of aryl methyl sites for hydroxylation is 1. The molecule has 1 aliphatic heterocycles. The lowest BCUT2D eigenvalue weighted by Crippen LogP contribution is -2.47. The molecule has 1 fully saturated rings. The molecule has 8 nitrogen and oxygen atoms in total. The molecule has 2 aromatic rings. The molecule has 1 aliphatic rings. The summed E-state index contributed by atoms with van der Waals surface area (Å²) in [6.45, 7) is 5.26. The zero-order valence-corrected chi connectivity index (χ0v) is 18.1. The summed E-state index contributed by atoms with van der Waals surface area (Å²) in [5.41, 5.74) is 8.50. The summed E-state index contributed by atoms with van der Waals surface area (Å²) in [5.74, 6) is 1.30. The average Bonchev–Trinajstić information content (AvgIpc) is 2.67. The van der Waals surface area contributed by atoms with E-state index in [1.165, 1.54) is 0 Å². The molecule has 0 bridgehead atoms. The highest BCUT2D eigenvalue weighted by Gasteiger charge is 2.22. The van der Waals surface area contributed by atoms with Crippen molar-refractivity contribution in [3.63, 3.8) is 0 Å². The maximum absolute atomic E-state index is 11.4. The van der Waals surface area contributed by atoms with E-state index in [9.17, 15) is 4.79 Å². The first-order valence-corrected chi connectivity index (χ1v) is 9.94. The van der Waals surface area contributed by atoms with E-state index in [4.69, 9.17) is 16.0 Å². The van der Waals surface area contributed by atoms with Crippen molar-refractivity contribution in [2.24, 2.45) is 0 Å². The molecule has 9 heteroatoms. The van der Waals surface area contributed by atoms with Crippen LogP contribution in [-0.2, 0) is 11.2 Å². The van der Waals surface area contributed by atoms with Gasteiger partial charge in [0.2, 0.25) is 11.9 Å². The molecule has 1 aromatic carbocycles. The Balaban J connectivity index is 0.00000320. The number of amides is 1. The number of nitrogens with two attached hydrogens (primary N) is 1. The van der Waals surface area contributed by atoms with Crippen molar-refractivity contribution in [2.75, 3.05) is 29.0 Å². The van der Waals surface area contributed by atoms with Gasteiger partial charge in [-0.2, -0.15) is 10.2 Å². The topological polar surface area (TPSA) is 120 Å². The number of carbonyl (C=O) groups excluding carboxylic acids is 1. The number of hydrogen-bond acceptors (Lipinski definition) is 7. The highest BCUT2D eigenvalue weighted by molar-refractivity contribution is 5.85. The number of hydrogen-bond donors (Lipinski definition) is 3. The molecule has 0 spiro atoms. The molecular formula is C21H28ClN7O. The molecule has 3 rings (SSSR count). The summed E-state index contributed by atoms with van der Waals surface area (Å²) < 4.78 is 0. The van der Waals surface area contributed by atoms with E-state index in [2.05, 4.69) is 33.5 Å². The standard InChI is InChI=1S/C21H27N7O.ClH/c1-3-5-17-11-20(28-7-4-6-18(13-28)24-14(2)29)27-21(25-17)26-19-9-15(12-22)8-16(23)10-19;/h8-11,18H,3-7,13,23H2,1-2H3,(H,24,29)(H,25,26,27);1H/t18-;/m1./s1. The van der Waals surface area contributed by atoms with Gasteiger partial charge in [0.1, 0.15) is 5.82 Å². The Morgan fingerprint density at radius 3 is 2.83 bits per heavy atom. The monoisotopic (exact) mass is 429 g/mol. The van der Waals surface area contributed by atoms with Gasteiger partial charge in [-0.1, -0.05) is 13.3 Å². The maximum Gasteiger partial charge on any atom is 0.229 e. The molecule has 2 heterocycles. The Hall–Kier alpha value is -3.05. The van der Waals surface area contributed by atoms with Gasteiger partial charge in [-0.3, -0.25) is 4.79 Å². The van der Waals surface area contributed by atoms with Crippen LogP contribution in [0.15, 0.2) is 24.3 Å². The number of anilines is 4. The molecule has 0 unspecified atom stereocenters. The van der Waals surface area contributed by atoms with Crippen LogP contribution in [0.4, 0.5) is 23.1 Å². The second-order valence-electron chi connectivity index (χ2n) is 7.36. The van der Waals surface area contributed by atoms with Gasteiger partial charge >= 0.3 is 0 Å². The van der Waals surface area contributed by atoms with Crippen molar-refractivity contribution >= 4 is 41.5 Å². The van der Waals surface area contributed by atoms with E-state index < -0.39 is 0 Å². The van der Waals surface area contributed by atoms with Gasteiger partial charge in [0, 0.05) is 49.2 Å². The molecular weight excluding hydrogens is 402 g/mol. The van der Waals surface area contributed by atoms with Crippen LogP contribution in [0.3, 0.4) is 0 Å². The fourth-order valence-electron chi connectivity index (χ4n) is 3.59. The van der Waals surface area contributed by atoms with E-state index in [0.29, 0.717) is 22.9 Å². The molecule has 1 aromatic heterocycles. The first-order chi connectivity index (χ1) is 14.0. The minimum absolute atomic E-state index is 0. The number of halogens is 1. The number of nitrogen functional groups attached to an aromatic ring is 1. The Bertz CT molecular complexity index is 928. The second-order valence-corrected chi connectivity index (χ2v) is 7.36. The predicted octanol–water partition coefficient (Wildman–Crippen LogP) is 3.15. The molecule has 1 saturated heterocycles. The number of nitrogens with zero attached hydrogens (tertiary/aromatic N) is 4. The lowest BCUT2D eigenvalue weighted by Gasteiger charge is -2.34. The van der Waals surface area contributed by atoms with Crippen LogP contribution in [-0.4, -0.2) is 35.0 Å². The van der Waals surface area contributed by atoms with Crippen LogP contribution in [0.2, 0.25) is 0 Å². The van der Waals surface area contributed by atoms with Gasteiger partial charge in [-0.05, 0) is 37.5 Å². The summed E-state index contributed by atoms with van der Waals surface area (Å²) in [6, 6.07) is 9.35. The molecule has 160 valence electrons. The highest BCUT2D eigenvalue weighted by atomic mass is 35.5. The Labute approximate surface area is 183 Å². The third kappa shape index (κ3) is 6.22. The summed E-state index contributed by atoms with van der Waals surface area (Å²) in [5, 5.41) is 15.4.